The van der Waals surface area contributed by atoms with Crippen molar-refractivity contribution in [1.82, 2.24) is 25.8 Å². The van der Waals surface area contributed by atoms with E-state index in [1.54, 1.807) is 6.26 Å². The Morgan fingerprint density at radius 1 is 1.14 bits per heavy atom. The molecule has 8 nitrogen and oxygen atoms in total. The van der Waals surface area contributed by atoms with Crippen molar-refractivity contribution < 1.29 is 8.94 Å². The van der Waals surface area contributed by atoms with E-state index in [0.29, 0.717) is 37.3 Å². The lowest BCUT2D eigenvalue weighted by Crippen LogP contribution is -2.38. The van der Waals surface area contributed by atoms with Crippen molar-refractivity contribution in [3.63, 3.8) is 0 Å². The van der Waals surface area contributed by atoms with E-state index in [2.05, 4.69) is 30.8 Å². The second kappa shape index (κ2) is 9.68. The topological polar surface area (TPSA) is 101 Å². The van der Waals surface area contributed by atoms with Crippen LogP contribution < -0.4 is 10.6 Å². The Bertz CT molecular complexity index is 885. The molecule has 2 N–H and O–H groups in total. The number of benzene rings is 1. The number of nitrogens with zero attached hydrogens (tertiary/aromatic N) is 4. The molecule has 0 saturated heterocycles. The maximum absolute atomic E-state index is 5.55. The standard InChI is InChI=1S/C20H26N6O2/c1-4-21-20(22-11-10-17-25-18(14(2)3)26-28-17)23-12-16-13-27-19(24-16)15-8-6-5-7-9-15/h5-9,13-14H,4,10-12H2,1-3H3,(H2,21,22,23). The third-order valence-corrected chi connectivity index (χ3v) is 3.95. The third-order valence-electron chi connectivity index (χ3n) is 3.95. The van der Waals surface area contributed by atoms with Crippen LogP contribution in [0.15, 0.2) is 50.5 Å². The largest absolute Gasteiger partial charge is 0.444 e. The lowest BCUT2D eigenvalue weighted by Gasteiger charge is -2.09. The van der Waals surface area contributed by atoms with Crippen LogP contribution in [0.5, 0.6) is 0 Å². The first kappa shape index (κ1) is 19.6. The monoisotopic (exact) mass is 382 g/mol. The number of oxazole rings is 1. The smallest absolute Gasteiger partial charge is 0.228 e. The number of hydrogen-bond acceptors (Lipinski definition) is 6. The predicted molar refractivity (Wildman–Crippen MR) is 107 cm³/mol. The summed E-state index contributed by atoms with van der Waals surface area (Å²) in [6.45, 7) is 7.92. The molecule has 0 aliphatic rings. The van der Waals surface area contributed by atoms with Gasteiger partial charge in [0.05, 0.1) is 6.54 Å². The summed E-state index contributed by atoms with van der Waals surface area (Å²) in [6, 6.07) is 9.81. The molecule has 0 aliphatic heterocycles. The van der Waals surface area contributed by atoms with Crippen molar-refractivity contribution >= 4 is 5.96 Å². The average Bonchev–Trinajstić information content (AvgIpc) is 3.37. The van der Waals surface area contributed by atoms with Gasteiger partial charge >= 0.3 is 0 Å². The zero-order valence-electron chi connectivity index (χ0n) is 16.5. The highest BCUT2D eigenvalue weighted by atomic mass is 16.5. The van der Waals surface area contributed by atoms with Gasteiger partial charge < -0.3 is 19.6 Å². The van der Waals surface area contributed by atoms with Gasteiger partial charge in [0, 0.05) is 31.0 Å². The molecule has 0 unspecified atom stereocenters. The van der Waals surface area contributed by atoms with Crippen LogP contribution >= 0.6 is 0 Å². The van der Waals surface area contributed by atoms with Crippen LogP contribution in [0.1, 0.15) is 44.1 Å². The zero-order valence-corrected chi connectivity index (χ0v) is 16.5. The van der Waals surface area contributed by atoms with Crippen molar-refractivity contribution in [2.75, 3.05) is 13.1 Å². The van der Waals surface area contributed by atoms with Crippen molar-refractivity contribution in [3.8, 4) is 11.5 Å². The summed E-state index contributed by atoms with van der Waals surface area (Å²) in [5.41, 5.74) is 1.72. The van der Waals surface area contributed by atoms with E-state index in [1.807, 2.05) is 51.1 Å². The Labute approximate surface area is 164 Å². The molecule has 0 amide bonds. The quantitative estimate of drug-likeness (QED) is 0.456. The van der Waals surface area contributed by atoms with Gasteiger partial charge in [-0.1, -0.05) is 37.2 Å². The van der Waals surface area contributed by atoms with Crippen LogP contribution in [0.3, 0.4) is 0 Å². The first-order chi connectivity index (χ1) is 13.7. The van der Waals surface area contributed by atoms with Gasteiger partial charge in [-0.2, -0.15) is 4.98 Å². The SMILES string of the molecule is CCNC(=NCc1coc(-c2ccccc2)n1)NCCc1nc(C(C)C)no1. The number of guanidine groups is 1. The fraction of sp³-hybridized carbons (Fsp3) is 0.400. The predicted octanol–water partition coefficient (Wildman–Crippen LogP) is 3.15. The van der Waals surface area contributed by atoms with Crippen LogP contribution in [0.25, 0.3) is 11.5 Å². The van der Waals surface area contributed by atoms with E-state index in [9.17, 15) is 0 Å². The van der Waals surface area contributed by atoms with Crippen LogP contribution in [0, 0.1) is 0 Å². The van der Waals surface area contributed by atoms with Gasteiger partial charge in [-0.3, -0.25) is 0 Å². The molecule has 28 heavy (non-hydrogen) atoms. The van der Waals surface area contributed by atoms with Gasteiger partial charge in [-0.25, -0.2) is 9.98 Å². The molecular formula is C20H26N6O2. The molecule has 3 rings (SSSR count). The molecule has 1 aromatic carbocycles. The van der Waals surface area contributed by atoms with Crippen molar-refractivity contribution in [3.05, 3.63) is 54.0 Å². The first-order valence-electron chi connectivity index (χ1n) is 9.50. The molecule has 0 spiro atoms. The van der Waals surface area contributed by atoms with E-state index in [-0.39, 0.29) is 5.92 Å². The summed E-state index contributed by atoms with van der Waals surface area (Å²) in [7, 11) is 0. The van der Waals surface area contributed by atoms with Crippen molar-refractivity contribution in [2.45, 2.75) is 39.7 Å². The molecule has 3 aromatic rings. The van der Waals surface area contributed by atoms with Crippen LogP contribution in [0.2, 0.25) is 0 Å². The molecule has 0 atom stereocenters. The Kier molecular flexibility index (Phi) is 6.78. The minimum atomic E-state index is 0.257. The van der Waals surface area contributed by atoms with Gasteiger partial charge in [-0.15, -0.1) is 0 Å². The number of aromatic nitrogens is 3. The van der Waals surface area contributed by atoms with Crippen LogP contribution in [-0.2, 0) is 13.0 Å². The normalized spacial score (nSPS) is 11.8. The van der Waals surface area contributed by atoms with Gasteiger partial charge in [0.1, 0.15) is 12.0 Å². The Hall–Kier alpha value is -3.16. The second-order valence-corrected chi connectivity index (χ2v) is 6.58. The highest BCUT2D eigenvalue weighted by molar-refractivity contribution is 5.79. The van der Waals surface area contributed by atoms with Crippen molar-refractivity contribution in [2.24, 2.45) is 4.99 Å². The van der Waals surface area contributed by atoms with Crippen molar-refractivity contribution in [1.29, 1.82) is 0 Å². The van der Waals surface area contributed by atoms with Gasteiger partial charge in [0.25, 0.3) is 0 Å². The maximum atomic E-state index is 5.55. The third kappa shape index (κ3) is 5.42. The fourth-order valence-electron chi connectivity index (χ4n) is 2.49. The number of hydrogen-bond donors (Lipinski definition) is 2. The van der Waals surface area contributed by atoms with E-state index >= 15 is 0 Å². The minimum Gasteiger partial charge on any atom is -0.444 e. The van der Waals surface area contributed by atoms with Gasteiger partial charge in [-0.05, 0) is 19.1 Å². The number of rotatable bonds is 8. The van der Waals surface area contributed by atoms with E-state index in [4.69, 9.17) is 8.94 Å². The summed E-state index contributed by atoms with van der Waals surface area (Å²) in [5.74, 6) is 2.91. The van der Waals surface area contributed by atoms with E-state index < -0.39 is 0 Å². The van der Waals surface area contributed by atoms with Gasteiger partial charge in [0.2, 0.25) is 11.8 Å². The molecule has 0 radical (unpaired) electrons. The lowest BCUT2D eigenvalue weighted by molar-refractivity contribution is 0.371. The number of nitrogens with one attached hydrogen (secondary N) is 2. The van der Waals surface area contributed by atoms with Crippen LogP contribution in [0.4, 0.5) is 0 Å². The summed E-state index contributed by atoms with van der Waals surface area (Å²) >= 11 is 0. The second-order valence-electron chi connectivity index (χ2n) is 6.58. The molecule has 0 bridgehead atoms. The highest BCUT2D eigenvalue weighted by Crippen LogP contribution is 2.18. The molecule has 8 heteroatoms. The van der Waals surface area contributed by atoms with E-state index in [1.165, 1.54) is 0 Å². The number of aliphatic imine (C=N–C) groups is 1. The minimum absolute atomic E-state index is 0.257. The summed E-state index contributed by atoms with van der Waals surface area (Å²) < 4.78 is 10.8. The first-order valence-corrected chi connectivity index (χ1v) is 9.50. The summed E-state index contributed by atoms with van der Waals surface area (Å²) in [4.78, 5) is 13.4. The maximum Gasteiger partial charge on any atom is 0.228 e. The molecular weight excluding hydrogens is 356 g/mol. The molecule has 0 fully saturated rings. The molecule has 0 saturated carbocycles. The molecule has 2 aromatic heterocycles. The highest BCUT2D eigenvalue weighted by Gasteiger charge is 2.10. The van der Waals surface area contributed by atoms with E-state index in [0.717, 1.165) is 23.6 Å². The Morgan fingerprint density at radius 2 is 1.96 bits per heavy atom. The summed E-state index contributed by atoms with van der Waals surface area (Å²) in [6.07, 6.45) is 2.27. The Balaban J connectivity index is 1.54. The average molecular weight is 382 g/mol. The van der Waals surface area contributed by atoms with Gasteiger partial charge in [0.15, 0.2) is 11.8 Å². The summed E-state index contributed by atoms with van der Waals surface area (Å²) in [5, 5.41) is 10.5. The lowest BCUT2D eigenvalue weighted by atomic mass is 10.2. The molecule has 2 heterocycles. The van der Waals surface area contributed by atoms with Crippen LogP contribution in [-0.4, -0.2) is 34.2 Å². The Morgan fingerprint density at radius 3 is 2.68 bits per heavy atom. The fourth-order valence-corrected chi connectivity index (χ4v) is 2.49. The molecule has 0 aliphatic carbocycles. The molecule has 148 valence electrons. The zero-order chi connectivity index (χ0) is 19.8.